The third kappa shape index (κ3) is 5.23. The quantitative estimate of drug-likeness (QED) is 0.760. The Bertz CT molecular complexity index is 455. The van der Waals surface area contributed by atoms with Crippen LogP contribution in [0.5, 0.6) is 0 Å². The summed E-state index contributed by atoms with van der Waals surface area (Å²) in [5, 5.41) is 1.93. The number of hydrogen-bond donors (Lipinski definition) is 1. The number of anilines is 1. The minimum atomic E-state index is -4.86. The summed E-state index contributed by atoms with van der Waals surface area (Å²) in [6.45, 7) is 3.80. The highest BCUT2D eigenvalue weighted by atomic mass is 19.4. The first-order valence-electron chi connectivity index (χ1n) is 6.82. The predicted molar refractivity (Wildman–Crippen MR) is 73.7 cm³/mol. The molecule has 0 aliphatic rings. The van der Waals surface area contributed by atoms with E-state index in [0.29, 0.717) is 5.56 Å². The minimum absolute atomic E-state index is 0.236. The molecule has 0 unspecified atom stereocenters. The summed E-state index contributed by atoms with van der Waals surface area (Å²) in [6, 6.07) is 5.26. The van der Waals surface area contributed by atoms with Gasteiger partial charge < -0.3 is 5.32 Å². The van der Waals surface area contributed by atoms with Gasteiger partial charge in [-0.2, -0.15) is 13.2 Å². The molecule has 1 amide bonds. The van der Waals surface area contributed by atoms with Crippen LogP contribution in [0.2, 0.25) is 0 Å². The van der Waals surface area contributed by atoms with Crippen molar-refractivity contribution in [1.82, 2.24) is 0 Å². The van der Waals surface area contributed by atoms with Crippen LogP contribution < -0.4 is 5.32 Å². The normalized spacial score (nSPS) is 11.4. The number of carbonyl (C=O) groups is 1. The van der Waals surface area contributed by atoms with Crippen LogP contribution in [0.1, 0.15) is 43.7 Å². The maximum Gasteiger partial charge on any atom is 0.471 e. The van der Waals surface area contributed by atoms with Gasteiger partial charge >= 0.3 is 12.1 Å². The number of rotatable bonds is 6. The molecular formula is C15H20F3NO. The standard InChI is InChI=1S/C15H20F3NO/c1-3-4-5-6-7-12-9-8-11(2)13(10-12)19-14(20)15(16,17)18/h8-10H,3-7H2,1-2H3,(H,19,20). The van der Waals surface area contributed by atoms with E-state index in [0.717, 1.165) is 37.7 Å². The zero-order valence-electron chi connectivity index (χ0n) is 11.8. The van der Waals surface area contributed by atoms with E-state index < -0.39 is 12.1 Å². The number of unbranched alkanes of at least 4 members (excludes halogenated alkanes) is 3. The van der Waals surface area contributed by atoms with Crippen LogP contribution in [0.15, 0.2) is 18.2 Å². The van der Waals surface area contributed by atoms with Gasteiger partial charge in [0.2, 0.25) is 0 Å². The number of halogens is 3. The van der Waals surface area contributed by atoms with Crippen LogP contribution in [0.25, 0.3) is 0 Å². The Kier molecular flexibility index (Phi) is 6.05. The van der Waals surface area contributed by atoms with Gasteiger partial charge in [0.05, 0.1) is 0 Å². The first kappa shape index (κ1) is 16.5. The molecule has 0 fully saturated rings. The second kappa shape index (κ2) is 7.31. The summed E-state index contributed by atoms with van der Waals surface area (Å²) in [6.07, 6.45) is 0.362. The molecule has 1 N–H and O–H groups in total. The Morgan fingerprint density at radius 2 is 1.90 bits per heavy atom. The first-order chi connectivity index (χ1) is 9.34. The van der Waals surface area contributed by atoms with Gasteiger partial charge in [0.25, 0.3) is 0 Å². The number of nitrogens with one attached hydrogen (secondary N) is 1. The minimum Gasteiger partial charge on any atom is -0.318 e. The van der Waals surface area contributed by atoms with Crippen molar-refractivity contribution in [1.29, 1.82) is 0 Å². The van der Waals surface area contributed by atoms with Crippen LogP contribution in [-0.2, 0) is 11.2 Å². The number of benzene rings is 1. The van der Waals surface area contributed by atoms with E-state index in [-0.39, 0.29) is 5.69 Å². The summed E-state index contributed by atoms with van der Waals surface area (Å²) < 4.78 is 36.7. The summed E-state index contributed by atoms with van der Waals surface area (Å²) in [5.74, 6) is -1.93. The average molecular weight is 287 g/mol. The van der Waals surface area contributed by atoms with Gasteiger partial charge in [-0.25, -0.2) is 0 Å². The number of carbonyl (C=O) groups excluding carboxylic acids is 1. The van der Waals surface area contributed by atoms with Crippen LogP contribution in [-0.4, -0.2) is 12.1 Å². The fourth-order valence-corrected chi connectivity index (χ4v) is 1.91. The molecule has 0 aliphatic carbocycles. The van der Waals surface area contributed by atoms with E-state index >= 15 is 0 Å². The highest BCUT2D eigenvalue weighted by Crippen LogP contribution is 2.22. The summed E-state index contributed by atoms with van der Waals surface area (Å²) in [4.78, 5) is 11.0. The molecule has 5 heteroatoms. The van der Waals surface area contributed by atoms with Crippen LogP contribution in [0, 0.1) is 6.92 Å². The molecular weight excluding hydrogens is 267 g/mol. The molecule has 0 saturated heterocycles. The third-order valence-corrected chi connectivity index (χ3v) is 3.13. The Balaban J connectivity index is 2.69. The first-order valence-corrected chi connectivity index (χ1v) is 6.82. The Hall–Kier alpha value is -1.52. The van der Waals surface area contributed by atoms with E-state index in [9.17, 15) is 18.0 Å². The van der Waals surface area contributed by atoms with Crippen molar-refractivity contribution in [2.45, 2.75) is 52.1 Å². The number of amides is 1. The van der Waals surface area contributed by atoms with E-state index in [4.69, 9.17) is 0 Å². The highest BCUT2D eigenvalue weighted by molar-refractivity contribution is 5.95. The van der Waals surface area contributed by atoms with Crippen molar-refractivity contribution in [3.63, 3.8) is 0 Å². The van der Waals surface area contributed by atoms with Gasteiger partial charge in [-0.1, -0.05) is 38.3 Å². The van der Waals surface area contributed by atoms with E-state index in [1.165, 1.54) is 0 Å². The Morgan fingerprint density at radius 1 is 1.20 bits per heavy atom. The Morgan fingerprint density at radius 3 is 2.50 bits per heavy atom. The van der Waals surface area contributed by atoms with Gasteiger partial charge in [0.1, 0.15) is 0 Å². The number of aryl methyl sites for hydroxylation is 2. The lowest BCUT2D eigenvalue weighted by atomic mass is 10.0. The molecule has 0 spiro atoms. The fraction of sp³-hybridized carbons (Fsp3) is 0.533. The average Bonchev–Trinajstić information content (AvgIpc) is 2.37. The van der Waals surface area contributed by atoms with Crippen LogP contribution in [0.3, 0.4) is 0 Å². The molecule has 0 bridgehead atoms. The molecule has 0 radical (unpaired) electrons. The SMILES string of the molecule is CCCCCCc1ccc(C)c(NC(=O)C(F)(F)F)c1. The molecule has 0 aliphatic heterocycles. The second-order valence-corrected chi connectivity index (χ2v) is 4.91. The zero-order valence-corrected chi connectivity index (χ0v) is 11.8. The molecule has 0 saturated carbocycles. The lowest BCUT2D eigenvalue weighted by molar-refractivity contribution is -0.167. The maximum absolute atomic E-state index is 12.2. The third-order valence-electron chi connectivity index (χ3n) is 3.13. The monoisotopic (exact) mass is 287 g/mol. The second-order valence-electron chi connectivity index (χ2n) is 4.91. The highest BCUT2D eigenvalue weighted by Gasteiger charge is 2.38. The van der Waals surface area contributed by atoms with Crippen molar-refractivity contribution in [3.8, 4) is 0 Å². The van der Waals surface area contributed by atoms with Crippen molar-refractivity contribution >= 4 is 11.6 Å². The Labute approximate surface area is 117 Å². The molecule has 1 aromatic rings. The summed E-state index contributed by atoms with van der Waals surface area (Å²) in [5.41, 5.74) is 1.81. The van der Waals surface area contributed by atoms with Crippen molar-refractivity contribution < 1.29 is 18.0 Å². The lowest BCUT2D eigenvalue weighted by Crippen LogP contribution is -2.30. The molecule has 1 rings (SSSR count). The van der Waals surface area contributed by atoms with Crippen molar-refractivity contribution in [2.75, 3.05) is 5.32 Å². The van der Waals surface area contributed by atoms with E-state index in [1.54, 1.807) is 19.1 Å². The molecule has 1 aromatic carbocycles. The number of hydrogen-bond acceptors (Lipinski definition) is 1. The van der Waals surface area contributed by atoms with Gasteiger partial charge in [0, 0.05) is 5.69 Å². The maximum atomic E-state index is 12.2. The largest absolute Gasteiger partial charge is 0.471 e. The van der Waals surface area contributed by atoms with Gasteiger partial charge in [-0.15, -0.1) is 0 Å². The zero-order chi connectivity index (χ0) is 15.2. The molecule has 0 heterocycles. The molecule has 20 heavy (non-hydrogen) atoms. The summed E-state index contributed by atoms with van der Waals surface area (Å²) >= 11 is 0. The predicted octanol–water partition coefficient (Wildman–Crippen LogP) is 4.62. The van der Waals surface area contributed by atoms with Crippen LogP contribution in [0.4, 0.5) is 18.9 Å². The van der Waals surface area contributed by atoms with Crippen molar-refractivity contribution in [3.05, 3.63) is 29.3 Å². The molecule has 0 aromatic heterocycles. The van der Waals surface area contributed by atoms with E-state index in [2.05, 4.69) is 6.92 Å². The fourth-order valence-electron chi connectivity index (χ4n) is 1.91. The van der Waals surface area contributed by atoms with Crippen LogP contribution >= 0.6 is 0 Å². The topological polar surface area (TPSA) is 29.1 Å². The van der Waals surface area contributed by atoms with E-state index in [1.807, 2.05) is 11.4 Å². The summed E-state index contributed by atoms with van der Waals surface area (Å²) in [7, 11) is 0. The lowest BCUT2D eigenvalue weighted by Gasteiger charge is -2.12. The van der Waals surface area contributed by atoms with Gasteiger partial charge in [-0.3, -0.25) is 4.79 Å². The van der Waals surface area contributed by atoms with Gasteiger partial charge in [-0.05, 0) is 37.0 Å². The smallest absolute Gasteiger partial charge is 0.318 e. The molecule has 0 atom stereocenters. The van der Waals surface area contributed by atoms with Gasteiger partial charge in [0.15, 0.2) is 0 Å². The number of alkyl halides is 3. The van der Waals surface area contributed by atoms with Crippen molar-refractivity contribution in [2.24, 2.45) is 0 Å². The molecule has 2 nitrogen and oxygen atoms in total. The molecule has 112 valence electrons.